The van der Waals surface area contributed by atoms with Crippen LogP contribution in [0.25, 0.3) is 33.5 Å². The smallest absolute Gasteiger partial charge is 0.324 e. The van der Waals surface area contributed by atoms with Crippen LogP contribution in [0, 0.1) is 0 Å². The number of hydrogen-bond acceptors (Lipinski definition) is 7. The number of anilines is 1. The minimum Gasteiger partial charge on any atom is -0.497 e. The molecule has 0 aliphatic heterocycles. The first-order chi connectivity index (χ1) is 14.4. The highest BCUT2D eigenvalue weighted by Crippen LogP contribution is 2.36. The summed E-state index contributed by atoms with van der Waals surface area (Å²) >= 11 is 0. The van der Waals surface area contributed by atoms with E-state index in [0.717, 1.165) is 11.6 Å². The molecular weight excluding hydrogens is 393 g/mol. The van der Waals surface area contributed by atoms with Crippen LogP contribution in [-0.2, 0) is 0 Å². The van der Waals surface area contributed by atoms with Crippen LogP contribution in [0.1, 0.15) is 12.2 Å². The summed E-state index contributed by atoms with van der Waals surface area (Å²) < 4.78 is 36.7. The fourth-order valence-electron chi connectivity index (χ4n) is 3.28. The number of nitrogens with two attached hydrogens (primary N) is 1. The molecule has 0 aliphatic rings. The molecule has 30 heavy (non-hydrogen) atoms. The van der Waals surface area contributed by atoms with Crippen LogP contribution in [0.15, 0.2) is 47.1 Å². The lowest BCUT2D eigenvalue weighted by Crippen LogP contribution is -2.28. The van der Waals surface area contributed by atoms with Crippen LogP contribution in [0.5, 0.6) is 5.75 Å². The molecule has 152 valence electrons. The molecule has 7 nitrogen and oxygen atoms in total. The number of nitrogens with zero attached hydrogens (tertiary/aromatic N) is 3. The predicted octanol–water partition coefficient (Wildman–Crippen LogP) is 3.30. The molecule has 0 radical (unpaired) electrons. The van der Waals surface area contributed by atoms with Gasteiger partial charge in [-0.1, -0.05) is 19.0 Å². The third-order valence-electron chi connectivity index (χ3n) is 4.77. The molecule has 10 heteroatoms. The summed E-state index contributed by atoms with van der Waals surface area (Å²) in [6.45, 7) is 0.776. The number of ether oxygens (including phenoxy) is 1. The zero-order chi connectivity index (χ0) is 21.4. The average Bonchev–Trinajstić information content (AvgIpc) is 3.23. The van der Waals surface area contributed by atoms with Gasteiger partial charge in [0, 0.05) is 10.9 Å². The van der Waals surface area contributed by atoms with E-state index < -0.39 is 19.1 Å². The summed E-state index contributed by atoms with van der Waals surface area (Å²) in [5.74, 6) is -0.147. The Kier molecular flexibility index (Phi) is 5.09. The van der Waals surface area contributed by atoms with E-state index in [0.29, 0.717) is 39.1 Å². The molecule has 2 aromatic heterocycles. The predicted molar refractivity (Wildman–Crippen MR) is 110 cm³/mol. The first-order valence-corrected chi connectivity index (χ1v) is 9.04. The highest BCUT2D eigenvalue weighted by molar-refractivity contribution is 6.66. The van der Waals surface area contributed by atoms with E-state index in [1.807, 2.05) is 6.07 Å². The zero-order valence-corrected chi connectivity index (χ0v) is 16.1. The molecule has 0 spiro atoms. The Morgan fingerprint density at radius 2 is 1.97 bits per heavy atom. The number of aromatic nitrogens is 3. The van der Waals surface area contributed by atoms with Crippen LogP contribution in [0.3, 0.4) is 0 Å². The molecule has 0 saturated heterocycles. The molecule has 2 aromatic carbocycles. The second-order valence-corrected chi connectivity index (χ2v) is 6.72. The van der Waals surface area contributed by atoms with E-state index in [1.165, 1.54) is 13.3 Å². The number of rotatable bonds is 5. The molecule has 0 unspecified atom stereocenters. The number of alkyl halides is 2. The minimum atomic E-state index is -2.78. The quantitative estimate of drug-likeness (QED) is 0.486. The van der Waals surface area contributed by atoms with Gasteiger partial charge < -0.3 is 19.9 Å². The Hall–Kier alpha value is -3.53. The number of benzene rings is 2. The molecule has 0 aliphatic carbocycles. The molecule has 0 bridgehead atoms. The van der Waals surface area contributed by atoms with Crippen molar-refractivity contribution in [3.05, 3.63) is 48.5 Å². The first kappa shape index (κ1) is 19.8. The van der Waals surface area contributed by atoms with Crippen molar-refractivity contribution in [2.45, 2.75) is 13.2 Å². The maximum Gasteiger partial charge on any atom is 0.324 e. The van der Waals surface area contributed by atoms with Crippen molar-refractivity contribution in [2.24, 2.45) is 0 Å². The normalized spacial score (nSPS) is 11.3. The standard InChI is InChI=1S/C20H17BF2N4O3/c1-21(28)14-6-12(10-3-4-11-15(24)8-26-27-16(11)5-10)13(7-17(14)29-2)20-25-9-18(30-20)19(22)23/h3-9,19,28H,1-2H3,(H2,24,27). The summed E-state index contributed by atoms with van der Waals surface area (Å²) in [4.78, 5) is 4.01. The molecule has 4 aromatic rings. The van der Waals surface area contributed by atoms with Crippen LogP contribution >= 0.6 is 0 Å². The summed E-state index contributed by atoms with van der Waals surface area (Å²) in [6.07, 6.45) is -0.330. The number of oxazole rings is 1. The van der Waals surface area contributed by atoms with Crippen molar-refractivity contribution in [3.63, 3.8) is 0 Å². The van der Waals surface area contributed by atoms with Gasteiger partial charge in [0.1, 0.15) is 5.75 Å². The van der Waals surface area contributed by atoms with Gasteiger partial charge in [0.05, 0.1) is 30.7 Å². The van der Waals surface area contributed by atoms with Gasteiger partial charge >= 0.3 is 6.92 Å². The van der Waals surface area contributed by atoms with Gasteiger partial charge in [-0.05, 0) is 34.8 Å². The molecule has 3 N–H and O–H groups in total. The fraction of sp³-hybridized carbons (Fsp3) is 0.150. The average molecular weight is 410 g/mol. The van der Waals surface area contributed by atoms with E-state index in [2.05, 4.69) is 15.2 Å². The van der Waals surface area contributed by atoms with Crippen molar-refractivity contribution >= 4 is 29.0 Å². The summed E-state index contributed by atoms with van der Waals surface area (Å²) in [5.41, 5.74) is 9.25. The Bertz CT molecular complexity index is 1230. The summed E-state index contributed by atoms with van der Waals surface area (Å²) in [6, 6.07) is 8.70. The van der Waals surface area contributed by atoms with Gasteiger partial charge in [0.25, 0.3) is 6.43 Å². The Balaban J connectivity index is 1.97. The third-order valence-corrected chi connectivity index (χ3v) is 4.77. The Labute approximate surface area is 170 Å². The van der Waals surface area contributed by atoms with Gasteiger partial charge in [-0.15, -0.1) is 0 Å². The maximum absolute atomic E-state index is 13.0. The lowest BCUT2D eigenvalue weighted by Gasteiger charge is -2.15. The van der Waals surface area contributed by atoms with Gasteiger partial charge in [-0.25, -0.2) is 13.8 Å². The Morgan fingerprint density at radius 3 is 2.63 bits per heavy atom. The zero-order valence-electron chi connectivity index (χ0n) is 16.1. The van der Waals surface area contributed by atoms with E-state index >= 15 is 0 Å². The van der Waals surface area contributed by atoms with Crippen molar-refractivity contribution < 1.29 is 23.0 Å². The number of nitrogen functional groups attached to an aromatic ring is 1. The van der Waals surface area contributed by atoms with E-state index in [1.54, 1.807) is 31.1 Å². The molecule has 0 atom stereocenters. The van der Waals surface area contributed by atoms with E-state index in [-0.39, 0.29) is 5.89 Å². The van der Waals surface area contributed by atoms with Crippen LogP contribution in [0.2, 0.25) is 6.82 Å². The van der Waals surface area contributed by atoms with Crippen LogP contribution in [0.4, 0.5) is 14.5 Å². The van der Waals surface area contributed by atoms with Crippen molar-refractivity contribution in [3.8, 4) is 28.3 Å². The highest BCUT2D eigenvalue weighted by Gasteiger charge is 2.23. The lowest BCUT2D eigenvalue weighted by atomic mass is 9.63. The third kappa shape index (κ3) is 3.46. The largest absolute Gasteiger partial charge is 0.497 e. The molecule has 2 heterocycles. The highest BCUT2D eigenvalue weighted by atomic mass is 19.3. The minimum absolute atomic E-state index is 0.00880. The fourth-order valence-corrected chi connectivity index (χ4v) is 3.28. The van der Waals surface area contributed by atoms with E-state index in [9.17, 15) is 13.8 Å². The summed E-state index contributed by atoms with van der Waals surface area (Å²) in [5, 5.41) is 18.9. The van der Waals surface area contributed by atoms with Crippen molar-refractivity contribution in [1.29, 1.82) is 0 Å². The molecule has 0 saturated carbocycles. The van der Waals surface area contributed by atoms with Crippen molar-refractivity contribution in [1.82, 2.24) is 15.2 Å². The van der Waals surface area contributed by atoms with Gasteiger partial charge in [-0.3, -0.25) is 0 Å². The number of fused-ring (bicyclic) bond motifs is 1. The lowest BCUT2D eigenvalue weighted by molar-refractivity contribution is 0.123. The number of hydrogen-bond donors (Lipinski definition) is 2. The van der Waals surface area contributed by atoms with Crippen LogP contribution in [-0.4, -0.2) is 34.2 Å². The number of halogens is 2. The SMILES string of the molecule is COc1cc(-c2ncc(C(F)F)o2)c(-c2ccc3c(N)cnnc3c2)cc1B(C)O. The van der Waals surface area contributed by atoms with Gasteiger partial charge in [-0.2, -0.15) is 10.2 Å². The molecular formula is C20H17BF2N4O3. The van der Waals surface area contributed by atoms with Crippen LogP contribution < -0.4 is 15.9 Å². The Morgan fingerprint density at radius 1 is 1.17 bits per heavy atom. The molecule has 0 amide bonds. The van der Waals surface area contributed by atoms with E-state index in [4.69, 9.17) is 14.9 Å². The maximum atomic E-state index is 13.0. The van der Waals surface area contributed by atoms with Gasteiger partial charge in [0.15, 0.2) is 5.76 Å². The first-order valence-electron chi connectivity index (χ1n) is 9.04. The van der Waals surface area contributed by atoms with Gasteiger partial charge in [0.2, 0.25) is 5.89 Å². The second kappa shape index (κ2) is 7.71. The second-order valence-electron chi connectivity index (χ2n) is 6.72. The molecule has 4 rings (SSSR count). The number of methoxy groups -OCH3 is 1. The monoisotopic (exact) mass is 410 g/mol. The summed E-state index contributed by atoms with van der Waals surface area (Å²) in [7, 11) is 1.46. The topological polar surface area (TPSA) is 107 Å². The molecule has 0 fully saturated rings. The van der Waals surface area contributed by atoms with Crippen molar-refractivity contribution in [2.75, 3.05) is 12.8 Å².